The third-order valence-electron chi connectivity index (χ3n) is 1.49. The van der Waals surface area contributed by atoms with Gasteiger partial charge in [-0.05, 0) is 11.8 Å². The summed E-state index contributed by atoms with van der Waals surface area (Å²) >= 11 is 0. The van der Waals surface area contributed by atoms with Crippen molar-refractivity contribution in [3.8, 4) is 0 Å². The van der Waals surface area contributed by atoms with Crippen LogP contribution in [-0.2, 0) is 4.79 Å². The fourth-order valence-electron chi connectivity index (χ4n) is 0.853. The summed E-state index contributed by atoms with van der Waals surface area (Å²) in [6.45, 7) is 0. The maximum absolute atomic E-state index is 10.5. The Morgan fingerprint density at radius 2 is 2.14 bits per heavy atom. The predicted molar refractivity (Wildman–Crippen MR) is 47.1 cm³/mol. The second-order valence-electron chi connectivity index (χ2n) is 2.33. The molecule has 0 aliphatic carbocycles. The van der Waals surface area contributed by atoms with Gasteiger partial charge < -0.3 is 21.0 Å². The van der Waals surface area contributed by atoms with Crippen LogP contribution in [0.4, 0.5) is 11.4 Å². The molecule has 0 saturated carbocycles. The Hall–Kier alpha value is -3.04. The molecule has 0 radical (unpaired) electrons. The third kappa shape index (κ3) is 1.97. The van der Waals surface area contributed by atoms with Gasteiger partial charge in [-0.15, -0.1) is 6.07 Å². The topological polar surface area (TPSA) is 92.4 Å². The van der Waals surface area contributed by atoms with Crippen LogP contribution in [0.5, 0.6) is 0 Å². The first-order valence-electron chi connectivity index (χ1n) is 3.41. The molecule has 6 heteroatoms. The average molecular weight is 436 g/mol. The zero-order valence-electron chi connectivity index (χ0n) is 6.86. The van der Waals surface area contributed by atoms with Crippen molar-refractivity contribution in [3.63, 3.8) is 0 Å². The molecule has 4 N–H and O–H groups in total. The van der Waals surface area contributed by atoms with E-state index in [-0.39, 0.29) is 11.3 Å². The van der Waals surface area contributed by atoms with Crippen LogP contribution in [0.2, 0.25) is 0 Å². The summed E-state index contributed by atoms with van der Waals surface area (Å²) in [6, 6.07) is 4.03. The molecule has 14 heavy (non-hydrogen) atoms. The minimum atomic E-state index is -1.08. The van der Waals surface area contributed by atoms with E-state index in [0.29, 0.717) is 5.69 Å². The predicted octanol–water partition coefficient (Wildman–Crippen LogP) is 0.446. The van der Waals surface area contributed by atoms with Crippen LogP contribution >= 0.6 is 0 Å². The first-order valence-corrected chi connectivity index (χ1v) is 3.41. The molecule has 0 saturated heterocycles. The van der Waals surface area contributed by atoms with Crippen molar-refractivity contribution in [1.29, 1.82) is 0 Å². The number of carboxylic acid groups (broad SMARTS) is 1. The molecule has 1 aromatic rings. The summed E-state index contributed by atoms with van der Waals surface area (Å²) in [7, 11) is 0. The number of rotatable bonds is 3. The van der Waals surface area contributed by atoms with E-state index >= 15 is 0 Å². The second kappa shape index (κ2) is 4.10. The monoisotopic (exact) mass is 436 g/mol. The maximum Gasteiger partial charge on any atom is 0.334 e. The Bertz CT molecular complexity index is 354. The molecule has 0 aliphatic heterocycles. The smallest absolute Gasteiger partial charge is 0.334 e. The Morgan fingerprint density at radius 3 is 2.64 bits per heavy atom. The number of carbonyl (C=O) groups is 1. The Morgan fingerprint density at radius 1 is 1.50 bits per heavy atom. The normalized spacial score (nSPS) is 8.57. The van der Waals surface area contributed by atoms with Gasteiger partial charge in [0.05, 0.1) is 6.41 Å². The van der Waals surface area contributed by atoms with Crippen molar-refractivity contribution in [2.24, 2.45) is 0 Å². The van der Waals surface area contributed by atoms with Gasteiger partial charge >= 0.3 is 5.97 Å². The molecule has 1 amide bonds. The van der Waals surface area contributed by atoms with Gasteiger partial charge in [-0.2, -0.15) is 0 Å². The van der Waals surface area contributed by atoms with Crippen molar-refractivity contribution >= 4 is 23.8 Å². The number of hydrogen-bond acceptors (Lipinski definition) is 3. The van der Waals surface area contributed by atoms with Crippen LogP contribution < -0.4 is 11.1 Å². The van der Waals surface area contributed by atoms with Crippen LogP contribution in [-0.4, -0.2) is 17.5 Å². The molecule has 1 aromatic carbocycles. The van der Waals surface area contributed by atoms with Crippen molar-refractivity contribution in [2.75, 3.05) is 11.1 Å². The SMILES string of the molecule is Nc1ccc(C(=O)O)cc1N[C-]=O.[Fm]. The summed E-state index contributed by atoms with van der Waals surface area (Å²) in [4.78, 5) is 20.5. The summed E-state index contributed by atoms with van der Waals surface area (Å²) in [5, 5.41) is 10.8. The molecule has 0 unspecified atom stereocenters. The second-order valence-corrected chi connectivity index (χ2v) is 2.33. The molecule has 0 heterocycles. The molecular weight excluding hydrogens is 429 g/mol. The summed E-state index contributed by atoms with van der Waals surface area (Å²) < 4.78 is 0. The molecule has 0 aromatic heterocycles. The summed E-state index contributed by atoms with van der Waals surface area (Å²) in [5.41, 5.74) is 6.05. The van der Waals surface area contributed by atoms with E-state index in [9.17, 15) is 9.59 Å². The number of carbonyl (C=O) groups excluding carboxylic acids is 1. The molecule has 80 valence electrons. The fraction of sp³-hybridized carbons (Fsp3) is 0. The van der Waals surface area contributed by atoms with Gasteiger partial charge in [0.15, 0.2) is 0 Å². The Balaban J connectivity index is 0.00000169. The van der Waals surface area contributed by atoms with Crippen LogP contribution in [0.3, 0.4) is 0 Å². The van der Waals surface area contributed by atoms with Crippen LogP contribution in [0, 0.1) is 0 Å². The Kier molecular flexibility index (Phi) is 3.21. The van der Waals surface area contributed by atoms with E-state index < -0.39 is 5.97 Å². The molecule has 0 fully saturated rings. The van der Waals surface area contributed by atoms with Gasteiger partial charge in [-0.3, -0.25) is 0 Å². The number of hydrogen-bond donors (Lipinski definition) is 3. The van der Waals surface area contributed by atoms with Crippen LogP contribution in [0.1, 0.15) is 10.4 Å². The van der Waals surface area contributed by atoms with E-state index in [1.54, 1.807) is 0 Å². The van der Waals surface area contributed by atoms with Gasteiger partial charge in [0, 0.05) is 5.56 Å². The number of nitrogens with two attached hydrogens (primary N) is 1. The molecule has 0 atom stereocenters. The van der Waals surface area contributed by atoms with Crippen LogP contribution in [0.25, 0.3) is 0 Å². The van der Waals surface area contributed by atoms with Crippen molar-refractivity contribution in [1.82, 2.24) is 0 Å². The number of aromatic carboxylic acids is 1. The standard InChI is InChI=1S/C8H7N2O3.Fm/c9-6-2-1-5(8(12)13)3-7(6)10-4-11;/h1-3H,9H2,(H,10,11)(H,12,13);/q-1;. The minimum absolute atomic E-state index is 0. The minimum Gasteiger partial charge on any atom is -0.489 e. The van der Waals surface area contributed by atoms with E-state index in [1.807, 2.05) is 0 Å². The van der Waals surface area contributed by atoms with E-state index in [4.69, 9.17) is 10.8 Å². The summed E-state index contributed by atoms with van der Waals surface area (Å²) in [6.07, 6.45) is 1.42. The first kappa shape index (κ1) is 11.0. The van der Waals surface area contributed by atoms with E-state index in [2.05, 4.69) is 5.32 Å². The third-order valence-corrected chi connectivity index (χ3v) is 1.49. The molecule has 5 nitrogen and oxygen atoms in total. The molecule has 0 spiro atoms. The summed E-state index contributed by atoms with van der Waals surface area (Å²) in [5.74, 6) is -1.08. The van der Waals surface area contributed by atoms with Gasteiger partial charge in [0.25, 0.3) is 0 Å². The average Bonchev–Trinajstić information content (AvgIpc) is 2.08. The number of amides is 1. The quantitative estimate of drug-likeness (QED) is 0.365. The number of benzene rings is 1. The number of nitrogens with one attached hydrogen (secondary N) is 1. The van der Waals surface area contributed by atoms with E-state index in [1.165, 1.54) is 24.6 Å². The first-order chi connectivity index (χ1) is 6.15. The van der Waals surface area contributed by atoms with E-state index in [0.717, 1.165) is 0 Å². The maximum atomic E-state index is 10.5. The number of anilines is 2. The molecule has 0 bridgehead atoms. The molecule has 1 rings (SSSR count). The number of nitrogen functional groups attached to an aromatic ring is 1. The van der Waals surface area contributed by atoms with Crippen molar-refractivity contribution in [3.05, 3.63) is 23.8 Å². The zero-order valence-corrected chi connectivity index (χ0v) is 9.27. The van der Waals surface area contributed by atoms with Gasteiger partial charge in [0.1, 0.15) is 0 Å². The molecule has 0 aliphatic rings. The van der Waals surface area contributed by atoms with Gasteiger partial charge in [-0.25, -0.2) is 4.79 Å². The number of carboxylic acids is 1. The van der Waals surface area contributed by atoms with Gasteiger partial charge in [0.2, 0.25) is 0 Å². The van der Waals surface area contributed by atoms with Crippen LogP contribution in [0.15, 0.2) is 18.2 Å². The van der Waals surface area contributed by atoms with Gasteiger partial charge in [-0.1, -0.05) is 11.8 Å². The fourth-order valence-corrected chi connectivity index (χ4v) is 0.853. The molecular formula is C8H7FmN2O3-. The van der Waals surface area contributed by atoms with Crippen molar-refractivity contribution < 1.29 is 14.7 Å². The zero-order chi connectivity index (χ0) is 9.84. The Labute approximate surface area is 74.2 Å². The largest absolute Gasteiger partial charge is 0.489 e. The van der Waals surface area contributed by atoms with Crippen molar-refractivity contribution in [2.45, 2.75) is 0 Å².